The number of aliphatic hydroxyl groups is 2. The largest absolute Gasteiger partial charge is 0.478 e. The number of aromatic carboxylic acids is 1. The van der Waals surface area contributed by atoms with Gasteiger partial charge in [-0.1, -0.05) is 15.9 Å². The Morgan fingerprint density at radius 2 is 1.88 bits per heavy atom. The lowest BCUT2D eigenvalue weighted by atomic mass is 9.98. The van der Waals surface area contributed by atoms with Crippen LogP contribution in [-0.2, 0) is 4.79 Å². The summed E-state index contributed by atoms with van der Waals surface area (Å²) in [5.41, 5.74) is 4.54. The number of amides is 1. The number of primary amides is 1. The van der Waals surface area contributed by atoms with Crippen molar-refractivity contribution >= 4 is 27.8 Å². The minimum atomic E-state index is -1.86. The lowest BCUT2D eigenvalue weighted by Crippen LogP contribution is -2.34. The van der Waals surface area contributed by atoms with Crippen molar-refractivity contribution < 1.29 is 24.9 Å². The Hall–Kier alpha value is -1.44. The zero-order valence-corrected chi connectivity index (χ0v) is 10.1. The summed E-state index contributed by atoms with van der Waals surface area (Å²) in [6.07, 6.45) is -3.54. The molecule has 5 N–H and O–H groups in total. The molecule has 1 rings (SSSR count). The number of halogens is 1. The van der Waals surface area contributed by atoms with Crippen molar-refractivity contribution in [2.45, 2.75) is 12.2 Å². The first kappa shape index (κ1) is 13.6. The molecule has 0 saturated heterocycles. The van der Waals surface area contributed by atoms with Gasteiger partial charge in [-0.15, -0.1) is 0 Å². The second-order valence-corrected chi connectivity index (χ2v) is 4.24. The molecular weight excluding hydrogens is 294 g/mol. The van der Waals surface area contributed by atoms with E-state index in [1.807, 2.05) is 0 Å². The van der Waals surface area contributed by atoms with Crippen molar-refractivity contribution in [3.05, 3.63) is 33.8 Å². The number of carbonyl (C=O) groups is 2. The molecule has 0 heterocycles. The van der Waals surface area contributed by atoms with Gasteiger partial charge in [-0.25, -0.2) is 4.79 Å². The Bertz CT molecular complexity index is 462. The van der Waals surface area contributed by atoms with Gasteiger partial charge in [0.25, 0.3) is 0 Å². The van der Waals surface area contributed by atoms with E-state index in [1.165, 1.54) is 18.2 Å². The summed E-state index contributed by atoms with van der Waals surface area (Å²) in [7, 11) is 0. The molecule has 1 aromatic rings. The molecule has 0 bridgehead atoms. The SMILES string of the molecule is NC(=O)C(O)C(O)c1cc(Br)ccc1C(=O)O. The van der Waals surface area contributed by atoms with Gasteiger partial charge in [-0.2, -0.15) is 0 Å². The molecule has 1 amide bonds. The molecule has 0 radical (unpaired) electrons. The molecule has 0 aliphatic rings. The van der Waals surface area contributed by atoms with Gasteiger partial charge in [-0.3, -0.25) is 4.79 Å². The lowest BCUT2D eigenvalue weighted by molar-refractivity contribution is -0.132. The van der Waals surface area contributed by atoms with Crippen LogP contribution >= 0.6 is 15.9 Å². The summed E-state index contributed by atoms with van der Waals surface area (Å²) in [5.74, 6) is -2.41. The van der Waals surface area contributed by atoms with E-state index in [-0.39, 0.29) is 11.1 Å². The topological polar surface area (TPSA) is 121 Å². The average Bonchev–Trinajstić information content (AvgIpc) is 2.26. The van der Waals surface area contributed by atoms with Crippen molar-refractivity contribution in [2.24, 2.45) is 5.73 Å². The highest BCUT2D eigenvalue weighted by Gasteiger charge is 2.27. The summed E-state index contributed by atoms with van der Waals surface area (Å²) in [6, 6.07) is 4.02. The minimum absolute atomic E-state index is 0.0850. The predicted molar refractivity (Wildman–Crippen MR) is 61.3 cm³/mol. The van der Waals surface area contributed by atoms with Gasteiger partial charge in [0.05, 0.1) is 5.56 Å². The van der Waals surface area contributed by atoms with E-state index < -0.39 is 24.1 Å². The fourth-order valence-corrected chi connectivity index (χ4v) is 1.68. The van der Waals surface area contributed by atoms with E-state index in [4.69, 9.17) is 10.8 Å². The molecule has 1 aromatic carbocycles. The first-order valence-corrected chi connectivity index (χ1v) is 5.32. The first-order chi connectivity index (χ1) is 7.84. The second-order valence-electron chi connectivity index (χ2n) is 3.33. The van der Waals surface area contributed by atoms with Crippen LogP contribution in [0.4, 0.5) is 0 Å². The quantitative estimate of drug-likeness (QED) is 0.625. The monoisotopic (exact) mass is 303 g/mol. The number of rotatable bonds is 4. The summed E-state index contributed by atoms with van der Waals surface area (Å²) in [5, 5.41) is 27.9. The van der Waals surface area contributed by atoms with Crippen LogP contribution in [0.2, 0.25) is 0 Å². The van der Waals surface area contributed by atoms with Gasteiger partial charge < -0.3 is 21.1 Å². The molecule has 2 unspecified atom stereocenters. The van der Waals surface area contributed by atoms with Gasteiger partial charge in [0.2, 0.25) is 5.91 Å². The summed E-state index contributed by atoms with van der Waals surface area (Å²) >= 11 is 3.10. The van der Waals surface area contributed by atoms with Crippen LogP contribution in [0.15, 0.2) is 22.7 Å². The van der Waals surface area contributed by atoms with Gasteiger partial charge in [0.1, 0.15) is 6.10 Å². The number of carboxylic acids is 1. The maximum Gasteiger partial charge on any atom is 0.336 e. The second kappa shape index (κ2) is 5.26. The Labute approximate surface area is 105 Å². The molecule has 0 spiro atoms. The molecule has 0 aliphatic carbocycles. The van der Waals surface area contributed by atoms with E-state index >= 15 is 0 Å². The van der Waals surface area contributed by atoms with Crippen LogP contribution < -0.4 is 5.73 Å². The third-order valence-corrected chi connectivity index (χ3v) is 2.65. The molecule has 92 valence electrons. The van der Waals surface area contributed by atoms with E-state index in [9.17, 15) is 19.8 Å². The molecule has 0 fully saturated rings. The van der Waals surface area contributed by atoms with E-state index in [0.717, 1.165) is 0 Å². The Morgan fingerprint density at radius 3 is 2.35 bits per heavy atom. The molecular formula is C10H10BrNO5. The number of benzene rings is 1. The highest BCUT2D eigenvalue weighted by atomic mass is 79.9. The van der Waals surface area contributed by atoms with Gasteiger partial charge in [-0.05, 0) is 23.8 Å². The molecule has 0 saturated carbocycles. The molecule has 17 heavy (non-hydrogen) atoms. The number of aliphatic hydroxyl groups excluding tert-OH is 2. The smallest absolute Gasteiger partial charge is 0.336 e. The Balaban J connectivity index is 3.23. The van der Waals surface area contributed by atoms with Crippen molar-refractivity contribution in [1.82, 2.24) is 0 Å². The number of carbonyl (C=O) groups excluding carboxylic acids is 1. The highest BCUT2D eigenvalue weighted by molar-refractivity contribution is 9.10. The van der Waals surface area contributed by atoms with Crippen molar-refractivity contribution in [1.29, 1.82) is 0 Å². The van der Waals surface area contributed by atoms with Gasteiger partial charge in [0.15, 0.2) is 6.10 Å². The summed E-state index contributed by atoms with van der Waals surface area (Å²) < 4.78 is 0.508. The molecule has 0 aromatic heterocycles. The van der Waals surface area contributed by atoms with Crippen LogP contribution in [0.3, 0.4) is 0 Å². The van der Waals surface area contributed by atoms with E-state index in [0.29, 0.717) is 4.47 Å². The van der Waals surface area contributed by atoms with Crippen LogP contribution in [0, 0.1) is 0 Å². The lowest BCUT2D eigenvalue weighted by Gasteiger charge is -2.17. The highest BCUT2D eigenvalue weighted by Crippen LogP contribution is 2.25. The van der Waals surface area contributed by atoms with Crippen LogP contribution in [0.5, 0.6) is 0 Å². The fraction of sp³-hybridized carbons (Fsp3) is 0.200. The van der Waals surface area contributed by atoms with Crippen molar-refractivity contribution in [3.63, 3.8) is 0 Å². The average molecular weight is 304 g/mol. The third-order valence-electron chi connectivity index (χ3n) is 2.15. The van der Waals surface area contributed by atoms with Crippen LogP contribution in [-0.4, -0.2) is 33.3 Å². The Morgan fingerprint density at radius 1 is 1.29 bits per heavy atom. The number of hydrogen-bond acceptors (Lipinski definition) is 4. The van der Waals surface area contributed by atoms with Crippen molar-refractivity contribution in [2.75, 3.05) is 0 Å². The van der Waals surface area contributed by atoms with Crippen LogP contribution in [0.25, 0.3) is 0 Å². The number of hydrogen-bond donors (Lipinski definition) is 4. The first-order valence-electron chi connectivity index (χ1n) is 4.52. The van der Waals surface area contributed by atoms with E-state index in [1.54, 1.807) is 0 Å². The zero-order valence-electron chi connectivity index (χ0n) is 8.50. The fourth-order valence-electron chi connectivity index (χ4n) is 1.30. The summed E-state index contributed by atoms with van der Waals surface area (Å²) in [6.45, 7) is 0. The van der Waals surface area contributed by atoms with E-state index in [2.05, 4.69) is 15.9 Å². The molecule has 6 nitrogen and oxygen atoms in total. The normalized spacial score (nSPS) is 14.1. The van der Waals surface area contributed by atoms with Gasteiger partial charge >= 0.3 is 5.97 Å². The summed E-state index contributed by atoms with van der Waals surface area (Å²) in [4.78, 5) is 21.6. The zero-order chi connectivity index (χ0) is 13.2. The third kappa shape index (κ3) is 3.02. The standard InChI is InChI=1S/C10H10BrNO5/c11-4-1-2-5(10(16)17)6(3-4)7(13)8(14)9(12)15/h1-3,7-8,13-14H,(H2,12,15)(H,16,17). The molecule has 2 atom stereocenters. The van der Waals surface area contributed by atoms with Gasteiger partial charge in [0, 0.05) is 4.47 Å². The van der Waals surface area contributed by atoms with Crippen molar-refractivity contribution in [3.8, 4) is 0 Å². The molecule has 0 aliphatic heterocycles. The molecule has 7 heteroatoms. The number of carboxylic acid groups (broad SMARTS) is 1. The maximum absolute atomic E-state index is 10.9. The number of nitrogens with two attached hydrogens (primary N) is 1. The predicted octanol–water partition coefficient (Wildman–Crippen LogP) is 0.0269. The maximum atomic E-state index is 10.9. The van der Waals surface area contributed by atoms with Crippen LogP contribution in [0.1, 0.15) is 22.0 Å². The Kier molecular flexibility index (Phi) is 4.22. The minimum Gasteiger partial charge on any atom is -0.478 e.